The van der Waals surface area contributed by atoms with E-state index >= 15 is 0 Å². The van der Waals surface area contributed by atoms with E-state index in [1.807, 2.05) is 20.8 Å². The van der Waals surface area contributed by atoms with Gasteiger partial charge < -0.3 is 15.8 Å². The Morgan fingerprint density at radius 1 is 1.29 bits per heavy atom. The van der Waals surface area contributed by atoms with Crippen LogP contribution in [0.2, 0.25) is 0 Å². The summed E-state index contributed by atoms with van der Waals surface area (Å²) in [7, 11) is 0. The minimum absolute atomic E-state index is 0.118. The third kappa shape index (κ3) is 6.08. The fraction of sp³-hybridized carbons (Fsp3) is 0.533. The first-order chi connectivity index (χ1) is 9.70. The molecule has 1 aromatic carbocycles. The minimum Gasteiger partial charge on any atom is -0.435 e. The number of benzene rings is 1. The number of ether oxygens (including phenoxy) is 1. The van der Waals surface area contributed by atoms with Crippen molar-refractivity contribution in [3.05, 3.63) is 29.8 Å². The molecule has 1 aromatic rings. The van der Waals surface area contributed by atoms with Gasteiger partial charge in [-0.25, -0.2) is 0 Å². The van der Waals surface area contributed by atoms with Gasteiger partial charge in [-0.15, -0.1) is 0 Å². The van der Waals surface area contributed by atoms with Crippen molar-refractivity contribution in [2.75, 3.05) is 6.54 Å². The van der Waals surface area contributed by atoms with E-state index in [1.165, 1.54) is 12.1 Å². The summed E-state index contributed by atoms with van der Waals surface area (Å²) in [4.78, 5) is 11.8. The van der Waals surface area contributed by atoms with Gasteiger partial charge in [-0.05, 0) is 29.5 Å². The summed E-state index contributed by atoms with van der Waals surface area (Å²) in [5.41, 5.74) is 6.46. The Morgan fingerprint density at radius 2 is 1.86 bits per heavy atom. The van der Waals surface area contributed by atoms with E-state index in [-0.39, 0.29) is 17.1 Å². The molecule has 0 saturated heterocycles. The second-order valence-electron chi connectivity index (χ2n) is 5.91. The number of alkyl halides is 2. The molecule has 0 heterocycles. The molecule has 0 aliphatic heterocycles. The largest absolute Gasteiger partial charge is 0.435 e. The molecule has 0 aliphatic rings. The van der Waals surface area contributed by atoms with Crippen LogP contribution in [-0.2, 0) is 11.2 Å². The standard InChI is InChI=1S/C15H22F2N2O2/c1-15(2,3)12(18)13(20)19-9-8-10-4-6-11(7-5-10)21-14(16)17/h4-7,12,14H,8-9,18H2,1-3H3,(H,19,20). The SMILES string of the molecule is CC(C)(C)C(N)C(=O)NCCc1ccc(OC(F)F)cc1. The molecule has 0 aromatic heterocycles. The van der Waals surface area contributed by atoms with Gasteiger partial charge in [-0.1, -0.05) is 32.9 Å². The molecule has 1 unspecified atom stereocenters. The van der Waals surface area contributed by atoms with Crippen molar-refractivity contribution in [3.8, 4) is 5.75 Å². The highest BCUT2D eigenvalue weighted by atomic mass is 19.3. The van der Waals surface area contributed by atoms with E-state index in [2.05, 4.69) is 10.1 Å². The van der Waals surface area contributed by atoms with Gasteiger partial charge in [0.05, 0.1) is 6.04 Å². The number of halogens is 2. The van der Waals surface area contributed by atoms with Gasteiger partial charge in [0.2, 0.25) is 5.91 Å². The van der Waals surface area contributed by atoms with E-state index in [9.17, 15) is 13.6 Å². The average Bonchev–Trinajstić information content (AvgIpc) is 2.38. The van der Waals surface area contributed by atoms with Crippen LogP contribution < -0.4 is 15.8 Å². The summed E-state index contributed by atoms with van der Waals surface area (Å²) in [5.74, 6) is -0.0762. The summed E-state index contributed by atoms with van der Waals surface area (Å²) < 4.78 is 28.3. The van der Waals surface area contributed by atoms with Gasteiger partial charge in [0.15, 0.2) is 0 Å². The lowest BCUT2D eigenvalue weighted by Crippen LogP contribution is -2.48. The van der Waals surface area contributed by atoms with Crippen LogP contribution in [0.1, 0.15) is 26.3 Å². The third-order valence-electron chi connectivity index (χ3n) is 3.08. The molecule has 0 aliphatic carbocycles. The number of hydrogen-bond donors (Lipinski definition) is 2. The van der Waals surface area contributed by atoms with Gasteiger partial charge in [0.1, 0.15) is 5.75 Å². The average molecular weight is 300 g/mol. The van der Waals surface area contributed by atoms with Crippen molar-refractivity contribution in [2.45, 2.75) is 39.8 Å². The van der Waals surface area contributed by atoms with Crippen LogP contribution in [0.5, 0.6) is 5.75 Å². The highest BCUT2D eigenvalue weighted by Gasteiger charge is 2.26. The maximum absolute atomic E-state index is 12.0. The first kappa shape index (κ1) is 17.4. The molecule has 1 rings (SSSR count). The van der Waals surface area contributed by atoms with Crippen LogP contribution in [0, 0.1) is 5.41 Å². The van der Waals surface area contributed by atoms with Crippen molar-refractivity contribution in [1.29, 1.82) is 0 Å². The molecular weight excluding hydrogens is 278 g/mol. The lowest BCUT2D eigenvalue weighted by Gasteiger charge is -2.25. The maximum Gasteiger partial charge on any atom is 0.387 e. The van der Waals surface area contributed by atoms with Crippen LogP contribution in [0.3, 0.4) is 0 Å². The zero-order valence-corrected chi connectivity index (χ0v) is 12.5. The number of nitrogens with one attached hydrogen (secondary N) is 1. The predicted molar refractivity (Wildman–Crippen MR) is 77.2 cm³/mol. The van der Waals surface area contributed by atoms with Crippen molar-refractivity contribution in [1.82, 2.24) is 5.32 Å². The normalized spacial score (nSPS) is 13.1. The molecule has 0 fully saturated rings. The fourth-order valence-electron chi connectivity index (χ4n) is 1.67. The monoisotopic (exact) mass is 300 g/mol. The highest BCUT2D eigenvalue weighted by Crippen LogP contribution is 2.17. The van der Waals surface area contributed by atoms with Crippen LogP contribution in [0.25, 0.3) is 0 Å². The van der Waals surface area contributed by atoms with Gasteiger partial charge in [0.25, 0.3) is 0 Å². The predicted octanol–water partition coefficient (Wildman–Crippen LogP) is 2.32. The number of rotatable bonds is 6. The summed E-state index contributed by atoms with van der Waals surface area (Å²) >= 11 is 0. The van der Waals surface area contributed by atoms with Gasteiger partial charge in [-0.2, -0.15) is 8.78 Å². The van der Waals surface area contributed by atoms with Gasteiger partial charge in [0, 0.05) is 6.54 Å². The Bertz CT molecular complexity index is 456. The Morgan fingerprint density at radius 3 is 2.33 bits per heavy atom. The third-order valence-corrected chi connectivity index (χ3v) is 3.08. The van der Waals surface area contributed by atoms with Gasteiger partial charge >= 0.3 is 6.61 Å². The topological polar surface area (TPSA) is 64.4 Å². The minimum atomic E-state index is -2.82. The zero-order chi connectivity index (χ0) is 16.0. The van der Waals surface area contributed by atoms with Crippen molar-refractivity contribution >= 4 is 5.91 Å². The number of amides is 1. The lowest BCUT2D eigenvalue weighted by atomic mass is 9.87. The van der Waals surface area contributed by atoms with E-state index in [0.29, 0.717) is 13.0 Å². The molecule has 3 N–H and O–H groups in total. The second kappa shape index (κ2) is 7.36. The van der Waals surface area contributed by atoms with E-state index in [4.69, 9.17) is 5.73 Å². The smallest absolute Gasteiger partial charge is 0.387 e. The molecule has 21 heavy (non-hydrogen) atoms. The second-order valence-corrected chi connectivity index (χ2v) is 5.91. The summed E-state index contributed by atoms with van der Waals surface area (Å²) in [6.07, 6.45) is 0.595. The van der Waals surface area contributed by atoms with Crippen LogP contribution in [0.4, 0.5) is 8.78 Å². The quantitative estimate of drug-likeness (QED) is 0.847. The van der Waals surface area contributed by atoms with Crippen molar-refractivity contribution < 1.29 is 18.3 Å². The Labute approximate surface area is 123 Å². The molecule has 0 spiro atoms. The van der Waals surface area contributed by atoms with E-state index in [0.717, 1.165) is 5.56 Å². The van der Waals surface area contributed by atoms with Crippen LogP contribution >= 0.6 is 0 Å². The number of carbonyl (C=O) groups excluding carboxylic acids is 1. The summed E-state index contributed by atoms with van der Waals surface area (Å²) in [6, 6.07) is 5.76. The molecule has 0 radical (unpaired) electrons. The van der Waals surface area contributed by atoms with E-state index in [1.54, 1.807) is 12.1 Å². The zero-order valence-electron chi connectivity index (χ0n) is 12.5. The van der Waals surface area contributed by atoms with Crippen molar-refractivity contribution in [2.24, 2.45) is 11.1 Å². The fourth-order valence-corrected chi connectivity index (χ4v) is 1.67. The highest BCUT2D eigenvalue weighted by molar-refractivity contribution is 5.82. The Kier molecular flexibility index (Phi) is 6.08. The van der Waals surface area contributed by atoms with Crippen LogP contribution in [0.15, 0.2) is 24.3 Å². The number of carbonyl (C=O) groups is 1. The molecule has 118 valence electrons. The first-order valence-electron chi connectivity index (χ1n) is 6.77. The molecule has 0 bridgehead atoms. The maximum atomic E-state index is 12.0. The molecule has 0 saturated carbocycles. The molecule has 4 nitrogen and oxygen atoms in total. The number of nitrogens with two attached hydrogens (primary N) is 1. The van der Waals surface area contributed by atoms with Gasteiger partial charge in [-0.3, -0.25) is 4.79 Å². The number of hydrogen-bond acceptors (Lipinski definition) is 3. The molecule has 1 atom stereocenters. The summed E-state index contributed by atoms with van der Waals surface area (Å²) in [6.45, 7) is 3.32. The Hall–Kier alpha value is -1.69. The van der Waals surface area contributed by atoms with Crippen LogP contribution in [-0.4, -0.2) is 25.1 Å². The summed E-state index contributed by atoms with van der Waals surface area (Å²) in [5, 5.41) is 2.77. The molecule has 6 heteroatoms. The molecular formula is C15H22F2N2O2. The lowest BCUT2D eigenvalue weighted by molar-refractivity contribution is -0.124. The van der Waals surface area contributed by atoms with Crippen molar-refractivity contribution in [3.63, 3.8) is 0 Å². The van der Waals surface area contributed by atoms with E-state index < -0.39 is 12.7 Å². The molecule has 1 amide bonds. The first-order valence-corrected chi connectivity index (χ1v) is 6.77. The Balaban J connectivity index is 2.41.